The van der Waals surface area contributed by atoms with Gasteiger partial charge in [0.2, 0.25) is 0 Å². The quantitative estimate of drug-likeness (QED) is 0.878. The lowest BCUT2D eigenvalue weighted by molar-refractivity contribution is 0.104. The molecule has 1 aliphatic rings. The predicted octanol–water partition coefficient (Wildman–Crippen LogP) is 1.63. The van der Waals surface area contributed by atoms with Crippen molar-refractivity contribution in [1.82, 2.24) is 9.80 Å². The molecule has 0 amide bonds. The molecule has 1 aromatic rings. The molecule has 100 valence electrons. The molecule has 1 fully saturated rings. The number of hydrogen-bond acceptors (Lipinski definition) is 3. The van der Waals surface area contributed by atoms with Crippen LogP contribution in [0.4, 0.5) is 0 Å². The van der Waals surface area contributed by atoms with Crippen molar-refractivity contribution >= 4 is 0 Å². The Morgan fingerprint density at radius 1 is 1.11 bits per heavy atom. The number of aryl methyl sites for hydroxylation is 1. The third-order valence-corrected chi connectivity index (χ3v) is 3.96. The van der Waals surface area contributed by atoms with E-state index in [2.05, 4.69) is 47.9 Å². The molecule has 0 aromatic heterocycles. The Morgan fingerprint density at radius 2 is 1.72 bits per heavy atom. The molecule has 2 rings (SSSR count). The second-order valence-electron chi connectivity index (χ2n) is 5.25. The summed E-state index contributed by atoms with van der Waals surface area (Å²) in [6.07, 6.45) is 0. The fraction of sp³-hybridized carbons (Fsp3) is 0.600. The lowest BCUT2D eigenvalue weighted by Gasteiger charge is -2.38. The molecule has 0 bridgehead atoms. The second kappa shape index (κ2) is 6.32. The highest BCUT2D eigenvalue weighted by molar-refractivity contribution is 5.23. The van der Waals surface area contributed by atoms with Crippen LogP contribution in [-0.4, -0.2) is 49.1 Å². The van der Waals surface area contributed by atoms with Crippen LogP contribution in [-0.2, 0) is 0 Å². The van der Waals surface area contributed by atoms with Crippen molar-refractivity contribution in [3.63, 3.8) is 0 Å². The highest BCUT2D eigenvalue weighted by Crippen LogP contribution is 2.21. The van der Waals surface area contributed by atoms with Crippen molar-refractivity contribution in [3.8, 4) is 0 Å². The predicted molar refractivity (Wildman–Crippen MR) is 76.7 cm³/mol. The minimum Gasteiger partial charge on any atom is -0.329 e. The van der Waals surface area contributed by atoms with Gasteiger partial charge in [-0.2, -0.15) is 0 Å². The van der Waals surface area contributed by atoms with E-state index in [4.69, 9.17) is 5.73 Å². The molecule has 0 aliphatic carbocycles. The van der Waals surface area contributed by atoms with Crippen LogP contribution in [0.1, 0.15) is 24.1 Å². The van der Waals surface area contributed by atoms with E-state index in [-0.39, 0.29) is 0 Å². The Kier molecular flexibility index (Phi) is 4.75. The van der Waals surface area contributed by atoms with Crippen LogP contribution in [0.2, 0.25) is 0 Å². The molecule has 18 heavy (non-hydrogen) atoms. The van der Waals surface area contributed by atoms with Crippen molar-refractivity contribution in [3.05, 3.63) is 35.4 Å². The second-order valence-corrected chi connectivity index (χ2v) is 5.25. The molecule has 1 saturated heterocycles. The topological polar surface area (TPSA) is 32.5 Å². The van der Waals surface area contributed by atoms with Crippen LogP contribution in [0.3, 0.4) is 0 Å². The molecule has 1 aromatic carbocycles. The van der Waals surface area contributed by atoms with E-state index in [0.717, 1.165) is 39.3 Å². The minimum atomic E-state index is 0.519. The molecule has 1 atom stereocenters. The third kappa shape index (κ3) is 3.31. The summed E-state index contributed by atoms with van der Waals surface area (Å²) in [6.45, 7) is 10.8. The van der Waals surface area contributed by atoms with E-state index in [9.17, 15) is 0 Å². The molecule has 3 nitrogen and oxygen atoms in total. The van der Waals surface area contributed by atoms with Gasteiger partial charge in [-0.1, -0.05) is 29.8 Å². The summed E-state index contributed by atoms with van der Waals surface area (Å²) in [7, 11) is 0. The summed E-state index contributed by atoms with van der Waals surface area (Å²) in [4.78, 5) is 5.02. The zero-order chi connectivity index (χ0) is 13.0. The first-order chi connectivity index (χ1) is 8.70. The molecule has 2 N–H and O–H groups in total. The maximum atomic E-state index is 5.60. The Labute approximate surface area is 111 Å². The highest BCUT2D eigenvalue weighted by atomic mass is 15.3. The normalized spacial score (nSPS) is 19.9. The van der Waals surface area contributed by atoms with Crippen molar-refractivity contribution in [2.24, 2.45) is 5.73 Å². The molecular weight excluding hydrogens is 222 g/mol. The minimum absolute atomic E-state index is 0.519. The van der Waals surface area contributed by atoms with Crippen molar-refractivity contribution in [2.75, 3.05) is 39.3 Å². The van der Waals surface area contributed by atoms with E-state index in [1.807, 2.05) is 0 Å². The van der Waals surface area contributed by atoms with E-state index < -0.39 is 0 Å². The number of nitrogens with zero attached hydrogens (tertiary/aromatic N) is 2. The zero-order valence-corrected chi connectivity index (χ0v) is 11.6. The summed E-state index contributed by atoms with van der Waals surface area (Å²) >= 11 is 0. The van der Waals surface area contributed by atoms with Gasteiger partial charge in [0.15, 0.2) is 0 Å². The first kappa shape index (κ1) is 13.5. The fourth-order valence-electron chi connectivity index (χ4n) is 2.61. The summed E-state index contributed by atoms with van der Waals surface area (Å²) in [5.41, 5.74) is 8.36. The average molecular weight is 247 g/mol. The summed E-state index contributed by atoms with van der Waals surface area (Å²) in [6, 6.07) is 9.44. The zero-order valence-electron chi connectivity index (χ0n) is 11.6. The van der Waals surface area contributed by atoms with Crippen molar-refractivity contribution in [2.45, 2.75) is 19.9 Å². The lowest BCUT2D eigenvalue weighted by Crippen LogP contribution is -2.48. The number of piperazine rings is 1. The molecule has 1 unspecified atom stereocenters. The maximum absolute atomic E-state index is 5.60. The van der Waals surface area contributed by atoms with Gasteiger partial charge in [0, 0.05) is 45.3 Å². The smallest absolute Gasteiger partial charge is 0.0320 e. The Balaban J connectivity index is 1.91. The van der Waals surface area contributed by atoms with E-state index in [0.29, 0.717) is 6.04 Å². The maximum Gasteiger partial charge on any atom is 0.0320 e. The Bertz CT molecular complexity index is 353. The van der Waals surface area contributed by atoms with Gasteiger partial charge in [0.05, 0.1) is 0 Å². The first-order valence-corrected chi connectivity index (χ1v) is 6.93. The Hall–Kier alpha value is -0.900. The van der Waals surface area contributed by atoms with Crippen LogP contribution >= 0.6 is 0 Å². The van der Waals surface area contributed by atoms with E-state index in [1.165, 1.54) is 11.1 Å². The summed E-state index contributed by atoms with van der Waals surface area (Å²) < 4.78 is 0. The SMILES string of the molecule is Cc1ccc(C(C)N2CCN(CCN)CC2)cc1. The number of rotatable bonds is 4. The van der Waals surface area contributed by atoms with E-state index in [1.54, 1.807) is 0 Å². The summed E-state index contributed by atoms with van der Waals surface area (Å²) in [5, 5.41) is 0. The van der Waals surface area contributed by atoms with Gasteiger partial charge in [0.1, 0.15) is 0 Å². The molecule has 0 radical (unpaired) electrons. The largest absolute Gasteiger partial charge is 0.329 e. The van der Waals surface area contributed by atoms with Crippen LogP contribution in [0.5, 0.6) is 0 Å². The van der Waals surface area contributed by atoms with Gasteiger partial charge in [-0.05, 0) is 19.4 Å². The van der Waals surface area contributed by atoms with E-state index >= 15 is 0 Å². The van der Waals surface area contributed by atoms with Gasteiger partial charge >= 0.3 is 0 Å². The van der Waals surface area contributed by atoms with Crippen LogP contribution < -0.4 is 5.73 Å². The summed E-state index contributed by atoms with van der Waals surface area (Å²) in [5.74, 6) is 0. The third-order valence-electron chi connectivity index (χ3n) is 3.96. The van der Waals surface area contributed by atoms with Gasteiger partial charge in [-0.15, -0.1) is 0 Å². The first-order valence-electron chi connectivity index (χ1n) is 6.93. The van der Waals surface area contributed by atoms with Gasteiger partial charge in [-0.25, -0.2) is 0 Å². The molecule has 1 heterocycles. The number of benzene rings is 1. The number of hydrogen-bond donors (Lipinski definition) is 1. The van der Waals surface area contributed by atoms with Crippen molar-refractivity contribution in [1.29, 1.82) is 0 Å². The monoisotopic (exact) mass is 247 g/mol. The van der Waals surface area contributed by atoms with Crippen LogP contribution in [0, 0.1) is 6.92 Å². The fourth-order valence-corrected chi connectivity index (χ4v) is 2.61. The molecule has 0 saturated carbocycles. The van der Waals surface area contributed by atoms with Gasteiger partial charge in [0.25, 0.3) is 0 Å². The molecular formula is C15H25N3. The highest BCUT2D eigenvalue weighted by Gasteiger charge is 2.21. The van der Waals surface area contributed by atoms with Gasteiger partial charge in [-0.3, -0.25) is 9.80 Å². The van der Waals surface area contributed by atoms with Gasteiger partial charge < -0.3 is 5.73 Å². The van der Waals surface area contributed by atoms with Crippen molar-refractivity contribution < 1.29 is 0 Å². The lowest BCUT2D eigenvalue weighted by atomic mass is 10.0. The Morgan fingerprint density at radius 3 is 2.28 bits per heavy atom. The number of nitrogens with two attached hydrogens (primary N) is 1. The molecule has 0 spiro atoms. The standard InChI is InChI=1S/C15H25N3/c1-13-3-5-15(6-4-13)14(2)18-11-9-17(8-7-16)10-12-18/h3-6,14H,7-12,16H2,1-2H3. The molecule has 3 heteroatoms. The van der Waals surface area contributed by atoms with Crippen LogP contribution in [0.25, 0.3) is 0 Å². The average Bonchev–Trinajstić information content (AvgIpc) is 2.40. The van der Waals surface area contributed by atoms with Crippen LogP contribution in [0.15, 0.2) is 24.3 Å². The molecule has 1 aliphatic heterocycles.